The lowest BCUT2D eigenvalue weighted by molar-refractivity contribution is -0.120. The van der Waals surface area contributed by atoms with Crippen LogP contribution in [0.1, 0.15) is 42.9 Å². The summed E-state index contributed by atoms with van der Waals surface area (Å²) in [4.78, 5) is 14.7. The number of carbonyl (C=O) groups is 1. The molecule has 1 N–H and O–H groups in total. The quantitative estimate of drug-likeness (QED) is 0.928. The molecule has 2 heterocycles. The zero-order chi connectivity index (χ0) is 17.2. The number of benzene rings is 1. The highest BCUT2D eigenvalue weighted by Crippen LogP contribution is 2.38. The molecular weight excluding hydrogens is 312 g/mol. The van der Waals surface area contributed by atoms with Gasteiger partial charge in [0.2, 0.25) is 5.91 Å². The molecular formula is C20H24N4O. The monoisotopic (exact) mass is 336 g/mol. The second-order valence-corrected chi connectivity index (χ2v) is 7.21. The van der Waals surface area contributed by atoms with Crippen LogP contribution in [-0.4, -0.2) is 29.2 Å². The molecule has 2 aromatic rings. The Morgan fingerprint density at radius 2 is 1.88 bits per heavy atom. The molecule has 1 aliphatic carbocycles. The fraction of sp³-hybridized carbons (Fsp3) is 0.450. The summed E-state index contributed by atoms with van der Waals surface area (Å²) in [6, 6.07) is 12.1. The predicted molar refractivity (Wildman–Crippen MR) is 98.8 cm³/mol. The van der Waals surface area contributed by atoms with Crippen LogP contribution in [0.4, 0.5) is 11.5 Å². The number of aryl methyl sites for hydroxylation is 1. The Kier molecular flexibility index (Phi) is 4.38. The van der Waals surface area contributed by atoms with Gasteiger partial charge in [0.05, 0.1) is 5.69 Å². The number of nitrogens with zero attached hydrogens (tertiary/aromatic N) is 3. The fourth-order valence-electron chi connectivity index (χ4n) is 3.44. The number of amides is 1. The molecule has 0 unspecified atom stereocenters. The van der Waals surface area contributed by atoms with Crippen molar-refractivity contribution in [3.63, 3.8) is 0 Å². The van der Waals surface area contributed by atoms with E-state index in [9.17, 15) is 4.79 Å². The van der Waals surface area contributed by atoms with Gasteiger partial charge in [0, 0.05) is 30.6 Å². The fourth-order valence-corrected chi connectivity index (χ4v) is 3.44. The molecule has 1 aromatic heterocycles. The van der Waals surface area contributed by atoms with Gasteiger partial charge >= 0.3 is 0 Å². The molecule has 1 saturated heterocycles. The van der Waals surface area contributed by atoms with Gasteiger partial charge in [-0.25, -0.2) is 0 Å². The molecule has 0 spiro atoms. The van der Waals surface area contributed by atoms with E-state index >= 15 is 0 Å². The summed E-state index contributed by atoms with van der Waals surface area (Å²) in [6.45, 7) is 3.73. The first kappa shape index (κ1) is 16.1. The number of hydrogen-bond donors (Lipinski definition) is 1. The van der Waals surface area contributed by atoms with Crippen LogP contribution in [0, 0.1) is 12.8 Å². The first-order valence-corrected chi connectivity index (χ1v) is 9.15. The van der Waals surface area contributed by atoms with E-state index < -0.39 is 0 Å². The standard InChI is InChI=1S/C20H24N4O/c1-14-3-2-4-17(13-14)21-20(25)16-9-11-24(12-10-16)19-8-7-18(22-23-19)15-5-6-15/h2-4,7-8,13,15-16H,5-6,9-12H2,1H3,(H,21,25). The summed E-state index contributed by atoms with van der Waals surface area (Å²) in [7, 11) is 0. The number of aromatic nitrogens is 2. The van der Waals surface area contributed by atoms with Gasteiger partial charge in [0.1, 0.15) is 0 Å². The molecule has 25 heavy (non-hydrogen) atoms. The predicted octanol–water partition coefficient (Wildman–Crippen LogP) is 3.52. The third-order valence-electron chi connectivity index (χ3n) is 5.14. The number of nitrogens with one attached hydrogen (secondary N) is 1. The smallest absolute Gasteiger partial charge is 0.227 e. The Bertz CT molecular complexity index is 747. The highest BCUT2D eigenvalue weighted by atomic mass is 16.1. The van der Waals surface area contributed by atoms with E-state index in [2.05, 4.69) is 32.5 Å². The van der Waals surface area contributed by atoms with Gasteiger partial charge in [-0.2, -0.15) is 5.10 Å². The summed E-state index contributed by atoms with van der Waals surface area (Å²) in [5.41, 5.74) is 3.16. The van der Waals surface area contributed by atoms with Crippen molar-refractivity contribution in [2.75, 3.05) is 23.3 Å². The Labute approximate surface area is 148 Å². The molecule has 2 aliphatic rings. The SMILES string of the molecule is Cc1cccc(NC(=O)C2CCN(c3ccc(C4CC4)nn3)CC2)c1. The number of hydrogen-bond acceptors (Lipinski definition) is 4. The highest BCUT2D eigenvalue weighted by Gasteiger charge is 2.27. The van der Waals surface area contributed by atoms with Crippen molar-refractivity contribution < 1.29 is 4.79 Å². The van der Waals surface area contributed by atoms with Crippen molar-refractivity contribution in [2.24, 2.45) is 5.92 Å². The molecule has 1 aromatic carbocycles. The van der Waals surface area contributed by atoms with Gasteiger partial charge in [-0.15, -0.1) is 5.10 Å². The first-order valence-electron chi connectivity index (χ1n) is 9.15. The number of piperidine rings is 1. The average Bonchev–Trinajstić information content (AvgIpc) is 3.47. The third kappa shape index (κ3) is 3.81. The Hall–Kier alpha value is -2.43. The van der Waals surface area contributed by atoms with Crippen molar-refractivity contribution in [2.45, 2.75) is 38.5 Å². The average molecular weight is 336 g/mol. The molecule has 1 saturated carbocycles. The van der Waals surface area contributed by atoms with Crippen molar-refractivity contribution in [3.05, 3.63) is 47.7 Å². The van der Waals surface area contributed by atoms with E-state index in [1.54, 1.807) is 0 Å². The number of carbonyl (C=O) groups excluding carboxylic acids is 1. The topological polar surface area (TPSA) is 58.1 Å². The molecule has 1 amide bonds. The van der Waals surface area contributed by atoms with Crippen molar-refractivity contribution in [1.29, 1.82) is 0 Å². The molecule has 2 fully saturated rings. The van der Waals surface area contributed by atoms with Crippen LogP contribution in [0.3, 0.4) is 0 Å². The zero-order valence-electron chi connectivity index (χ0n) is 14.6. The largest absolute Gasteiger partial charge is 0.355 e. The Morgan fingerprint density at radius 3 is 2.52 bits per heavy atom. The summed E-state index contributed by atoms with van der Waals surface area (Å²) in [5, 5.41) is 11.8. The third-order valence-corrected chi connectivity index (χ3v) is 5.14. The van der Waals surface area contributed by atoms with Crippen LogP contribution < -0.4 is 10.2 Å². The second-order valence-electron chi connectivity index (χ2n) is 7.21. The lowest BCUT2D eigenvalue weighted by Gasteiger charge is -2.31. The summed E-state index contributed by atoms with van der Waals surface area (Å²) in [5.74, 6) is 1.76. The molecule has 1 aliphatic heterocycles. The van der Waals surface area contributed by atoms with Crippen molar-refractivity contribution in [3.8, 4) is 0 Å². The minimum atomic E-state index is 0.0652. The molecule has 5 heteroatoms. The summed E-state index contributed by atoms with van der Waals surface area (Å²) >= 11 is 0. The van der Waals surface area contributed by atoms with Gasteiger partial charge in [0.15, 0.2) is 5.82 Å². The summed E-state index contributed by atoms with van der Waals surface area (Å²) in [6.07, 6.45) is 4.19. The maximum Gasteiger partial charge on any atom is 0.227 e. The van der Waals surface area contributed by atoms with Gasteiger partial charge < -0.3 is 10.2 Å². The first-order chi connectivity index (χ1) is 12.2. The molecule has 0 bridgehead atoms. The molecule has 5 nitrogen and oxygen atoms in total. The van der Waals surface area contributed by atoms with Crippen LogP contribution in [-0.2, 0) is 4.79 Å². The molecule has 4 rings (SSSR count). The molecule has 0 atom stereocenters. The minimum absolute atomic E-state index is 0.0652. The van der Waals surface area contributed by atoms with Gasteiger partial charge in [-0.3, -0.25) is 4.79 Å². The van der Waals surface area contributed by atoms with Crippen LogP contribution in [0.25, 0.3) is 0 Å². The number of rotatable bonds is 4. The van der Waals surface area contributed by atoms with Crippen LogP contribution in [0.15, 0.2) is 36.4 Å². The normalized spacial score (nSPS) is 18.2. The van der Waals surface area contributed by atoms with E-state index in [0.29, 0.717) is 5.92 Å². The lowest BCUT2D eigenvalue weighted by atomic mass is 9.95. The maximum atomic E-state index is 12.5. The second kappa shape index (κ2) is 6.82. The van der Waals surface area contributed by atoms with Gasteiger partial charge in [-0.05, 0) is 62.4 Å². The maximum absolute atomic E-state index is 12.5. The minimum Gasteiger partial charge on any atom is -0.355 e. The van der Waals surface area contributed by atoms with E-state index in [-0.39, 0.29) is 11.8 Å². The Morgan fingerprint density at radius 1 is 1.08 bits per heavy atom. The van der Waals surface area contributed by atoms with Crippen molar-refractivity contribution >= 4 is 17.4 Å². The van der Waals surface area contributed by atoms with E-state index in [4.69, 9.17) is 0 Å². The van der Waals surface area contributed by atoms with E-state index in [0.717, 1.165) is 48.7 Å². The number of anilines is 2. The molecule has 130 valence electrons. The van der Waals surface area contributed by atoms with E-state index in [1.807, 2.05) is 31.2 Å². The molecule has 0 radical (unpaired) electrons. The van der Waals surface area contributed by atoms with Crippen LogP contribution >= 0.6 is 0 Å². The van der Waals surface area contributed by atoms with Crippen LogP contribution in [0.5, 0.6) is 0 Å². The zero-order valence-corrected chi connectivity index (χ0v) is 14.6. The van der Waals surface area contributed by atoms with Gasteiger partial charge in [-0.1, -0.05) is 12.1 Å². The Balaban J connectivity index is 1.32. The lowest BCUT2D eigenvalue weighted by Crippen LogP contribution is -2.38. The summed E-state index contributed by atoms with van der Waals surface area (Å²) < 4.78 is 0. The van der Waals surface area contributed by atoms with E-state index in [1.165, 1.54) is 12.8 Å². The van der Waals surface area contributed by atoms with Crippen molar-refractivity contribution in [1.82, 2.24) is 10.2 Å². The van der Waals surface area contributed by atoms with Crippen LogP contribution in [0.2, 0.25) is 0 Å². The van der Waals surface area contributed by atoms with Gasteiger partial charge in [0.25, 0.3) is 0 Å². The highest BCUT2D eigenvalue weighted by molar-refractivity contribution is 5.92.